The molecule has 4 nitrogen and oxygen atoms in total. The molecule has 22 heavy (non-hydrogen) atoms. The van der Waals surface area contributed by atoms with Crippen LogP contribution >= 0.6 is 0 Å². The normalized spacial score (nSPS) is 31.5. The van der Waals surface area contributed by atoms with Gasteiger partial charge in [-0.1, -0.05) is 12.2 Å². The second-order valence-corrected chi connectivity index (χ2v) is 7.67. The van der Waals surface area contributed by atoms with Crippen molar-refractivity contribution < 1.29 is 4.79 Å². The first-order chi connectivity index (χ1) is 10.6. The molecule has 2 aliphatic carbocycles. The quantitative estimate of drug-likeness (QED) is 0.812. The van der Waals surface area contributed by atoms with Gasteiger partial charge in [-0.3, -0.25) is 9.69 Å². The van der Waals surface area contributed by atoms with Gasteiger partial charge < -0.3 is 5.32 Å². The Hall–Kier alpha value is -1.34. The number of amides is 1. The third-order valence-electron chi connectivity index (χ3n) is 5.69. The maximum absolute atomic E-state index is 12.4. The molecular formula is C18H27N3O. The molecule has 4 heteroatoms. The Balaban J connectivity index is 1.55. The number of likely N-dealkylation sites (tertiary alicyclic amines) is 1. The molecule has 2 fully saturated rings. The van der Waals surface area contributed by atoms with Gasteiger partial charge in [-0.25, -0.2) is 0 Å². The van der Waals surface area contributed by atoms with Crippen LogP contribution in [-0.2, 0) is 4.79 Å². The number of nitrogens with zero attached hydrogens (tertiary/aromatic N) is 2. The predicted octanol–water partition coefficient (Wildman–Crippen LogP) is 2.62. The van der Waals surface area contributed by atoms with Crippen molar-refractivity contribution in [2.24, 2.45) is 11.3 Å². The topological polar surface area (TPSA) is 56.1 Å². The zero-order valence-corrected chi connectivity index (χ0v) is 13.6. The van der Waals surface area contributed by atoms with Gasteiger partial charge in [-0.15, -0.1) is 0 Å². The van der Waals surface area contributed by atoms with E-state index >= 15 is 0 Å². The number of hydrogen-bond donors (Lipinski definition) is 1. The molecule has 1 N–H and O–H groups in total. The molecule has 2 atom stereocenters. The van der Waals surface area contributed by atoms with E-state index in [0.717, 1.165) is 32.4 Å². The number of carbonyl (C=O) groups is 1. The van der Waals surface area contributed by atoms with Crippen LogP contribution in [0.15, 0.2) is 12.2 Å². The number of carbonyl (C=O) groups excluding carboxylic acids is 1. The fraction of sp³-hybridized carbons (Fsp3) is 0.778. The Kier molecular flexibility index (Phi) is 4.27. The van der Waals surface area contributed by atoms with Gasteiger partial charge in [-0.2, -0.15) is 5.26 Å². The highest BCUT2D eigenvalue weighted by atomic mass is 16.2. The number of allylic oxidation sites excluding steroid dienone is 2. The minimum absolute atomic E-state index is 0.0133. The lowest BCUT2D eigenvalue weighted by Gasteiger charge is -2.43. The van der Waals surface area contributed by atoms with Gasteiger partial charge in [-0.05, 0) is 69.7 Å². The van der Waals surface area contributed by atoms with Crippen LogP contribution in [0.2, 0.25) is 0 Å². The van der Waals surface area contributed by atoms with Crippen LogP contribution in [-0.4, -0.2) is 36.0 Å². The van der Waals surface area contributed by atoms with Crippen molar-refractivity contribution in [2.75, 3.05) is 19.6 Å². The molecule has 0 aromatic carbocycles. The van der Waals surface area contributed by atoms with E-state index in [1.165, 1.54) is 25.7 Å². The van der Waals surface area contributed by atoms with E-state index in [1.807, 2.05) is 6.92 Å². The summed E-state index contributed by atoms with van der Waals surface area (Å²) in [7, 11) is 0. The zero-order chi connectivity index (χ0) is 15.6. The lowest BCUT2D eigenvalue weighted by atomic mass is 9.71. The monoisotopic (exact) mass is 301 g/mol. The maximum Gasteiger partial charge on any atom is 0.235 e. The molecule has 0 unspecified atom stereocenters. The van der Waals surface area contributed by atoms with Crippen LogP contribution in [0.1, 0.15) is 51.9 Å². The summed E-state index contributed by atoms with van der Waals surface area (Å²) in [4.78, 5) is 14.7. The summed E-state index contributed by atoms with van der Waals surface area (Å²) in [5.41, 5.74) is -0.277. The summed E-state index contributed by atoms with van der Waals surface area (Å²) >= 11 is 0. The Bertz CT molecular complexity index is 505. The first-order valence-corrected chi connectivity index (χ1v) is 8.65. The van der Waals surface area contributed by atoms with Gasteiger partial charge in [0.1, 0.15) is 5.54 Å². The van der Waals surface area contributed by atoms with E-state index in [9.17, 15) is 10.1 Å². The molecule has 1 amide bonds. The largest absolute Gasteiger partial charge is 0.337 e. The summed E-state index contributed by atoms with van der Waals surface area (Å²) < 4.78 is 0. The molecule has 0 radical (unpaired) electrons. The van der Waals surface area contributed by atoms with Crippen molar-refractivity contribution in [1.29, 1.82) is 5.26 Å². The van der Waals surface area contributed by atoms with E-state index in [2.05, 4.69) is 28.4 Å². The van der Waals surface area contributed by atoms with Crippen LogP contribution < -0.4 is 5.32 Å². The third-order valence-corrected chi connectivity index (χ3v) is 5.69. The van der Waals surface area contributed by atoms with Crippen molar-refractivity contribution in [2.45, 2.75) is 57.4 Å². The van der Waals surface area contributed by atoms with Crippen molar-refractivity contribution in [3.05, 3.63) is 12.2 Å². The van der Waals surface area contributed by atoms with Crippen molar-refractivity contribution in [3.8, 4) is 6.07 Å². The Morgan fingerprint density at radius 2 is 2.27 bits per heavy atom. The number of piperidine rings is 1. The first-order valence-electron chi connectivity index (χ1n) is 8.65. The minimum atomic E-state index is -0.669. The molecule has 1 saturated carbocycles. The Labute approximate surface area is 133 Å². The van der Waals surface area contributed by atoms with E-state index in [0.29, 0.717) is 17.9 Å². The van der Waals surface area contributed by atoms with E-state index in [4.69, 9.17) is 0 Å². The van der Waals surface area contributed by atoms with Crippen LogP contribution in [0, 0.1) is 22.7 Å². The van der Waals surface area contributed by atoms with Gasteiger partial charge in [0, 0.05) is 6.54 Å². The number of rotatable bonds is 4. The first kappa shape index (κ1) is 15.6. The van der Waals surface area contributed by atoms with E-state index in [-0.39, 0.29) is 5.91 Å². The van der Waals surface area contributed by atoms with Crippen LogP contribution in [0.4, 0.5) is 0 Å². The fourth-order valence-electron chi connectivity index (χ4n) is 4.17. The summed E-state index contributed by atoms with van der Waals surface area (Å²) in [6.07, 6.45) is 12.8. The maximum atomic E-state index is 12.4. The average Bonchev–Trinajstić information content (AvgIpc) is 3.33. The SMILES string of the molecule is C[C@](C#N)(NC(=O)CN1CCC[C@@]2(CC=CCC2)C1)C1CC1. The standard InChI is InChI=1S/C18H27N3O/c1-17(13-19,15-6-7-15)20-16(22)12-21-11-5-10-18(14-21)8-3-2-4-9-18/h2-3,15H,4-12,14H2,1H3,(H,20,22)/t17-,18+/m1/s1. The van der Waals surface area contributed by atoms with E-state index in [1.54, 1.807) is 0 Å². The Morgan fingerprint density at radius 3 is 2.91 bits per heavy atom. The molecule has 0 aromatic rings. The van der Waals surface area contributed by atoms with E-state index < -0.39 is 5.54 Å². The summed E-state index contributed by atoms with van der Waals surface area (Å²) in [6, 6.07) is 2.31. The van der Waals surface area contributed by atoms with Gasteiger partial charge >= 0.3 is 0 Å². The van der Waals surface area contributed by atoms with Crippen LogP contribution in [0.25, 0.3) is 0 Å². The molecular weight excluding hydrogens is 274 g/mol. The van der Waals surface area contributed by atoms with Gasteiger partial charge in [0.15, 0.2) is 0 Å². The molecule has 120 valence electrons. The van der Waals surface area contributed by atoms with Gasteiger partial charge in [0.2, 0.25) is 5.91 Å². The molecule has 3 aliphatic rings. The number of nitrogens with one attached hydrogen (secondary N) is 1. The second-order valence-electron chi connectivity index (χ2n) is 7.67. The highest BCUT2D eigenvalue weighted by Crippen LogP contribution is 2.41. The second kappa shape index (κ2) is 6.04. The van der Waals surface area contributed by atoms with Crippen molar-refractivity contribution in [1.82, 2.24) is 10.2 Å². The minimum Gasteiger partial charge on any atom is -0.337 e. The molecule has 1 aliphatic heterocycles. The summed E-state index contributed by atoms with van der Waals surface area (Å²) in [5.74, 6) is 0.358. The Morgan fingerprint density at radius 1 is 1.45 bits per heavy atom. The molecule has 0 aromatic heterocycles. The highest BCUT2D eigenvalue weighted by molar-refractivity contribution is 5.79. The van der Waals surface area contributed by atoms with Gasteiger partial charge in [0.05, 0.1) is 12.6 Å². The fourth-order valence-corrected chi connectivity index (χ4v) is 4.17. The van der Waals surface area contributed by atoms with Crippen molar-refractivity contribution in [3.63, 3.8) is 0 Å². The number of nitriles is 1. The molecule has 1 spiro atoms. The lowest BCUT2D eigenvalue weighted by Crippen LogP contribution is -2.52. The van der Waals surface area contributed by atoms with Gasteiger partial charge in [0.25, 0.3) is 0 Å². The zero-order valence-electron chi connectivity index (χ0n) is 13.6. The summed E-state index contributed by atoms with van der Waals surface area (Å²) in [6.45, 7) is 4.34. The average molecular weight is 301 g/mol. The van der Waals surface area contributed by atoms with Crippen LogP contribution in [0.3, 0.4) is 0 Å². The molecule has 0 bridgehead atoms. The smallest absolute Gasteiger partial charge is 0.235 e. The molecule has 1 heterocycles. The lowest BCUT2D eigenvalue weighted by molar-refractivity contribution is -0.124. The predicted molar refractivity (Wildman–Crippen MR) is 86.0 cm³/mol. The highest BCUT2D eigenvalue weighted by Gasteiger charge is 2.43. The molecule has 3 rings (SSSR count). The van der Waals surface area contributed by atoms with Crippen molar-refractivity contribution >= 4 is 5.91 Å². The number of hydrogen-bond acceptors (Lipinski definition) is 3. The van der Waals surface area contributed by atoms with Crippen LogP contribution in [0.5, 0.6) is 0 Å². The summed E-state index contributed by atoms with van der Waals surface area (Å²) in [5, 5.41) is 12.4. The third kappa shape index (κ3) is 3.35. The molecule has 1 saturated heterocycles.